The molecule has 0 aromatic heterocycles. The van der Waals surface area contributed by atoms with Crippen LogP contribution in [0.1, 0.15) is 46.5 Å². The van der Waals surface area contributed by atoms with E-state index in [0.717, 1.165) is 25.4 Å². The topological polar surface area (TPSA) is 49.5 Å². The van der Waals surface area contributed by atoms with E-state index < -0.39 is 0 Å². The second-order valence-electron chi connectivity index (χ2n) is 5.93. The van der Waals surface area contributed by atoms with Crippen LogP contribution in [0.2, 0.25) is 0 Å². The molecule has 0 aromatic rings. The molecule has 102 valence electrons. The first-order valence-corrected chi connectivity index (χ1v) is 7.18. The van der Waals surface area contributed by atoms with Gasteiger partial charge in [0.2, 0.25) is 0 Å². The molecule has 1 rings (SSSR count). The molecule has 2 atom stereocenters. The zero-order valence-corrected chi connectivity index (χ0v) is 11.7. The minimum atomic E-state index is 0.0972. The molecule has 2 unspecified atom stereocenters. The van der Waals surface area contributed by atoms with Crippen molar-refractivity contribution in [3.8, 4) is 0 Å². The largest absolute Gasteiger partial charge is 0.395 e. The van der Waals surface area contributed by atoms with Crippen LogP contribution in [0.25, 0.3) is 0 Å². The van der Waals surface area contributed by atoms with Crippen molar-refractivity contribution in [1.29, 1.82) is 0 Å². The van der Waals surface area contributed by atoms with Gasteiger partial charge in [-0.25, -0.2) is 0 Å². The van der Waals surface area contributed by atoms with Crippen molar-refractivity contribution in [2.24, 2.45) is 17.6 Å². The maximum atomic E-state index is 9.59. The summed E-state index contributed by atoms with van der Waals surface area (Å²) in [7, 11) is 0. The molecule has 0 heterocycles. The first-order valence-electron chi connectivity index (χ1n) is 7.18. The Balaban J connectivity index is 2.48. The fraction of sp³-hybridized carbons (Fsp3) is 1.00. The van der Waals surface area contributed by atoms with E-state index in [-0.39, 0.29) is 18.7 Å². The number of rotatable bonds is 8. The zero-order valence-electron chi connectivity index (χ0n) is 11.7. The Morgan fingerprint density at radius 1 is 1.35 bits per heavy atom. The molecule has 1 fully saturated rings. The Hall–Kier alpha value is -0.120. The van der Waals surface area contributed by atoms with Crippen LogP contribution in [0.15, 0.2) is 0 Å². The number of aliphatic hydroxyl groups is 1. The summed E-state index contributed by atoms with van der Waals surface area (Å²) in [6.07, 6.45) is 5.08. The van der Waals surface area contributed by atoms with Crippen molar-refractivity contribution in [1.82, 2.24) is 4.90 Å². The highest BCUT2D eigenvalue weighted by Crippen LogP contribution is 2.28. The number of nitrogens with two attached hydrogens (primary N) is 1. The van der Waals surface area contributed by atoms with Gasteiger partial charge < -0.3 is 10.8 Å². The zero-order chi connectivity index (χ0) is 12.8. The first kappa shape index (κ1) is 14.9. The second kappa shape index (κ2) is 7.34. The molecule has 1 saturated carbocycles. The van der Waals surface area contributed by atoms with Gasteiger partial charge in [-0.3, -0.25) is 4.90 Å². The third kappa shape index (κ3) is 4.57. The number of hydrogen-bond donors (Lipinski definition) is 2. The average Bonchev–Trinajstić information content (AvgIpc) is 2.20. The molecule has 0 aromatic carbocycles. The third-order valence-corrected chi connectivity index (χ3v) is 4.02. The lowest BCUT2D eigenvalue weighted by molar-refractivity contribution is 0.0739. The van der Waals surface area contributed by atoms with Crippen LogP contribution < -0.4 is 5.73 Å². The van der Waals surface area contributed by atoms with E-state index >= 15 is 0 Å². The van der Waals surface area contributed by atoms with Crippen LogP contribution in [0.5, 0.6) is 0 Å². The Kier molecular flexibility index (Phi) is 6.45. The summed E-state index contributed by atoms with van der Waals surface area (Å²) >= 11 is 0. The van der Waals surface area contributed by atoms with Crippen LogP contribution in [-0.2, 0) is 0 Å². The van der Waals surface area contributed by atoms with Crippen LogP contribution in [-0.4, -0.2) is 41.8 Å². The maximum Gasteiger partial charge on any atom is 0.0601 e. The number of likely N-dealkylation sites (N-methyl/N-ethyl adjacent to an activating group) is 1. The number of nitrogens with zero attached hydrogens (tertiary/aromatic N) is 1. The minimum absolute atomic E-state index is 0.0972. The summed E-state index contributed by atoms with van der Waals surface area (Å²) in [6.45, 7) is 8.85. The second-order valence-corrected chi connectivity index (χ2v) is 5.93. The molecule has 0 aliphatic heterocycles. The van der Waals surface area contributed by atoms with Gasteiger partial charge in [0.1, 0.15) is 0 Å². The fourth-order valence-electron chi connectivity index (χ4n) is 2.73. The van der Waals surface area contributed by atoms with Crippen LogP contribution in [0.3, 0.4) is 0 Å². The van der Waals surface area contributed by atoms with Gasteiger partial charge >= 0.3 is 0 Å². The lowest BCUT2D eigenvalue weighted by atomic mass is 9.84. The predicted molar refractivity (Wildman–Crippen MR) is 72.9 cm³/mol. The van der Waals surface area contributed by atoms with Crippen molar-refractivity contribution in [2.45, 2.75) is 58.5 Å². The van der Waals surface area contributed by atoms with Crippen LogP contribution in [0.4, 0.5) is 0 Å². The van der Waals surface area contributed by atoms with Crippen molar-refractivity contribution in [3.63, 3.8) is 0 Å². The monoisotopic (exact) mass is 242 g/mol. The lowest BCUT2D eigenvalue weighted by Gasteiger charge is -2.38. The molecule has 3 N–H and O–H groups in total. The summed E-state index contributed by atoms with van der Waals surface area (Å²) in [5.41, 5.74) is 6.24. The highest BCUT2D eigenvalue weighted by atomic mass is 16.3. The smallest absolute Gasteiger partial charge is 0.0601 e. The molecule has 3 nitrogen and oxygen atoms in total. The van der Waals surface area contributed by atoms with Gasteiger partial charge in [0.05, 0.1) is 6.61 Å². The van der Waals surface area contributed by atoms with Gasteiger partial charge in [-0.15, -0.1) is 0 Å². The predicted octanol–water partition coefficient (Wildman–Crippen LogP) is 1.84. The molecule has 0 spiro atoms. The molecular formula is C14H30N2O. The van der Waals surface area contributed by atoms with E-state index in [9.17, 15) is 5.11 Å². The van der Waals surface area contributed by atoms with E-state index in [1.807, 2.05) is 0 Å². The lowest BCUT2D eigenvalue weighted by Crippen LogP contribution is -2.52. The van der Waals surface area contributed by atoms with Gasteiger partial charge in [-0.1, -0.05) is 27.2 Å². The van der Waals surface area contributed by atoms with E-state index in [2.05, 4.69) is 25.7 Å². The fourth-order valence-corrected chi connectivity index (χ4v) is 2.73. The molecule has 0 amide bonds. The Bertz CT molecular complexity index is 204. The molecule has 0 saturated heterocycles. The van der Waals surface area contributed by atoms with E-state index in [1.54, 1.807) is 0 Å². The van der Waals surface area contributed by atoms with Gasteiger partial charge in [0.15, 0.2) is 0 Å². The summed E-state index contributed by atoms with van der Waals surface area (Å²) in [5, 5.41) is 9.59. The van der Waals surface area contributed by atoms with Gasteiger partial charge in [-0.05, 0) is 37.6 Å². The van der Waals surface area contributed by atoms with Crippen molar-refractivity contribution in [3.05, 3.63) is 0 Å². The third-order valence-electron chi connectivity index (χ3n) is 4.02. The van der Waals surface area contributed by atoms with E-state index in [4.69, 9.17) is 5.73 Å². The van der Waals surface area contributed by atoms with E-state index in [0.29, 0.717) is 5.92 Å². The summed E-state index contributed by atoms with van der Waals surface area (Å²) in [6, 6.07) is 0.239. The van der Waals surface area contributed by atoms with Crippen LogP contribution in [0, 0.1) is 11.8 Å². The Morgan fingerprint density at radius 2 is 2.00 bits per heavy atom. The average molecular weight is 242 g/mol. The van der Waals surface area contributed by atoms with Crippen molar-refractivity contribution >= 4 is 0 Å². The quantitative estimate of drug-likeness (QED) is 0.683. The van der Waals surface area contributed by atoms with Crippen molar-refractivity contribution in [2.75, 3.05) is 19.7 Å². The summed E-state index contributed by atoms with van der Waals surface area (Å²) in [4.78, 5) is 2.39. The standard InChI is InChI=1S/C14H30N2O/c1-4-16(9-12-6-5-7-12)14(10-17)13(15)8-11(2)3/h11-14,17H,4-10,15H2,1-3H3. The molecule has 3 heteroatoms. The SMILES string of the molecule is CCN(CC1CCC1)C(CO)C(N)CC(C)C. The molecule has 1 aliphatic rings. The highest BCUT2D eigenvalue weighted by Gasteiger charge is 2.27. The van der Waals surface area contributed by atoms with Crippen molar-refractivity contribution < 1.29 is 5.11 Å². The highest BCUT2D eigenvalue weighted by molar-refractivity contribution is 4.84. The summed E-state index contributed by atoms with van der Waals surface area (Å²) in [5.74, 6) is 1.44. The first-order chi connectivity index (χ1) is 8.08. The number of aliphatic hydroxyl groups excluding tert-OH is 1. The maximum absolute atomic E-state index is 9.59. The Labute approximate surface area is 106 Å². The molecule has 0 bridgehead atoms. The minimum Gasteiger partial charge on any atom is -0.395 e. The Morgan fingerprint density at radius 3 is 2.35 bits per heavy atom. The van der Waals surface area contributed by atoms with Gasteiger partial charge in [0.25, 0.3) is 0 Å². The van der Waals surface area contributed by atoms with E-state index in [1.165, 1.54) is 19.3 Å². The summed E-state index contributed by atoms with van der Waals surface area (Å²) < 4.78 is 0. The molecule has 0 radical (unpaired) electrons. The molecule has 17 heavy (non-hydrogen) atoms. The van der Waals surface area contributed by atoms with Crippen LogP contribution >= 0.6 is 0 Å². The molecular weight excluding hydrogens is 212 g/mol. The normalized spacial score (nSPS) is 20.6. The number of hydrogen-bond acceptors (Lipinski definition) is 3. The molecule has 1 aliphatic carbocycles. The van der Waals surface area contributed by atoms with Gasteiger partial charge in [-0.2, -0.15) is 0 Å². The van der Waals surface area contributed by atoms with Gasteiger partial charge in [0, 0.05) is 18.6 Å².